The molecule has 0 fully saturated rings. The van der Waals surface area contributed by atoms with Gasteiger partial charge in [0.05, 0.1) is 41.1 Å². The minimum atomic E-state index is -1.08. The van der Waals surface area contributed by atoms with Gasteiger partial charge < -0.3 is 24.7 Å². The second-order valence-electron chi connectivity index (χ2n) is 8.24. The third-order valence-corrected chi connectivity index (χ3v) is 6.08. The molecule has 4 aromatic rings. The largest absolute Gasteiger partial charge is 0.478 e. The van der Waals surface area contributed by atoms with Crippen LogP contribution in [0.25, 0.3) is 17.0 Å². The molecule has 2 aromatic heterocycles. The lowest BCUT2D eigenvalue weighted by Crippen LogP contribution is -2.21. The Morgan fingerprint density at radius 3 is 2.68 bits per heavy atom. The predicted molar refractivity (Wildman–Crippen MR) is 130 cm³/mol. The summed E-state index contributed by atoms with van der Waals surface area (Å²) in [4.78, 5) is 23.8. The van der Waals surface area contributed by atoms with Crippen LogP contribution in [0, 0.1) is 18.3 Å². The van der Waals surface area contributed by atoms with Gasteiger partial charge >= 0.3 is 11.9 Å². The van der Waals surface area contributed by atoms with E-state index in [0.29, 0.717) is 39.6 Å². The highest BCUT2D eigenvalue weighted by Gasteiger charge is 2.38. The molecule has 1 aliphatic rings. The van der Waals surface area contributed by atoms with Crippen molar-refractivity contribution in [3.05, 3.63) is 100 Å². The zero-order valence-corrected chi connectivity index (χ0v) is 19.8. The Hall–Kier alpha value is -5.30. The lowest BCUT2D eigenvalue weighted by atomic mass is 9.88. The molecule has 37 heavy (non-hydrogen) atoms. The molecule has 2 aromatic carbocycles. The molecular weight excluding hydrogens is 476 g/mol. The predicted octanol–water partition coefficient (Wildman–Crippen LogP) is 4.14. The standard InChI is InChI=1S/C27H20N4O6/c1-14-22-23(21-11-10-20(36-21)17-8-3-4-9-18(17)27(34)35-2)19(13-28)24(29)37-25(22)31(30-14)16-7-5-6-15(12-16)26(32)33/h3-12,23H,29H2,1-2H3,(H,32,33). The first-order valence-corrected chi connectivity index (χ1v) is 11.1. The molecule has 1 unspecified atom stereocenters. The summed E-state index contributed by atoms with van der Waals surface area (Å²) in [5, 5.41) is 23.9. The van der Waals surface area contributed by atoms with Crippen molar-refractivity contribution < 1.29 is 28.6 Å². The number of nitrogens with zero attached hydrogens (tertiary/aromatic N) is 3. The van der Waals surface area contributed by atoms with E-state index in [9.17, 15) is 20.0 Å². The number of allylic oxidation sites excluding steroid dienone is 1. The summed E-state index contributed by atoms with van der Waals surface area (Å²) >= 11 is 0. The van der Waals surface area contributed by atoms with Crippen LogP contribution in [0.1, 0.15) is 43.7 Å². The van der Waals surface area contributed by atoms with E-state index < -0.39 is 17.9 Å². The van der Waals surface area contributed by atoms with E-state index in [1.165, 1.54) is 23.9 Å². The molecule has 10 heteroatoms. The molecule has 5 rings (SSSR count). The number of rotatable bonds is 5. The minimum Gasteiger partial charge on any atom is -0.478 e. The topological polar surface area (TPSA) is 154 Å². The third kappa shape index (κ3) is 3.88. The van der Waals surface area contributed by atoms with Crippen LogP contribution < -0.4 is 10.5 Å². The molecule has 3 N–H and O–H groups in total. The minimum absolute atomic E-state index is 0.0768. The Labute approximate surface area is 210 Å². The van der Waals surface area contributed by atoms with Crippen LogP contribution >= 0.6 is 0 Å². The van der Waals surface area contributed by atoms with Gasteiger partial charge in [-0.1, -0.05) is 24.3 Å². The summed E-state index contributed by atoms with van der Waals surface area (Å²) in [7, 11) is 1.30. The van der Waals surface area contributed by atoms with Crippen molar-refractivity contribution in [2.75, 3.05) is 7.11 Å². The van der Waals surface area contributed by atoms with Gasteiger partial charge in [0.25, 0.3) is 0 Å². The van der Waals surface area contributed by atoms with E-state index in [-0.39, 0.29) is 22.9 Å². The van der Waals surface area contributed by atoms with Crippen molar-refractivity contribution in [2.24, 2.45) is 5.73 Å². The number of carboxylic acid groups (broad SMARTS) is 1. The second kappa shape index (κ2) is 9.05. The number of carboxylic acids is 1. The summed E-state index contributed by atoms with van der Waals surface area (Å²) in [5.41, 5.74) is 8.77. The van der Waals surface area contributed by atoms with Gasteiger partial charge in [-0.05, 0) is 43.3 Å². The molecule has 184 valence electrons. The lowest BCUT2D eigenvalue weighted by Gasteiger charge is -2.23. The number of aromatic carboxylic acids is 1. The molecule has 0 radical (unpaired) electrons. The zero-order valence-electron chi connectivity index (χ0n) is 19.8. The SMILES string of the molecule is COC(=O)c1ccccc1-c1ccc(C2C(C#N)=C(N)Oc3c2c(C)nn3-c2cccc(C(=O)O)c2)o1. The van der Waals surface area contributed by atoms with E-state index in [1.807, 2.05) is 0 Å². The number of benzene rings is 2. The second-order valence-corrected chi connectivity index (χ2v) is 8.24. The molecule has 0 saturated carbocycles. The molecule has 1 aliphatic heterocycles. The van der Waals surface area contributed by atoms with Crippen LogP contribution in [-0.2, 0) is 4.74 Å². The Morgan fingerprint density at radius 1 is 1.16 bits per heavy atom. The highest BCUT2D eigenvalue weighted by molar-refractivity contribution is 5.96. The third-order valence-electron chi connectivity index (χ3n) is 6.08. The van der Waals surface area contributed by atoms with E-state index >= 15 is 0 Å². The van der Waals surface area contributed by atoms with Crippen LogP contribution in [0.2, 0.25) is 0 Å². The summed E-state index contributed by atoms with van der Waals surface area (Å²) in [6.45, 7) is 1.75. The van der Waals surface area contributed by atoms with Crippen molar-refractivity contribution in [3.8, 4) is 29.0 Å². The molecule has 0 aliphatic carbocycles. The molecule has 1 atom stereocenters. The number of nitrogens with two attached hydrogens (primary N) is 1. The van der Waals surface area contributed by atoms with Crippen molar-refractivity contribution >= 4 is 11.9 Å². The number of furan rings is 1. The number of hydrogen-bond donors (Lipinski definition) is 2. The number of aryl methyl sites for hydroxylation is 1. The van der Waals surface area contributed by atoms with E-state index in [4.69, 9.17) is 19.6 Å². The fourth-order valence-electron chi connectivity index (χ4n) is 4.38. The monoisotopic (exact) mass is 496 g/mol. The van der Waals surface area contributed by atoms with Crippen LogP contribution in [0.4, 0.5) is 0 Å². The van der Waals surface area contributed by atoms with Crippen molar-refractivity contribution in [2.45, 2.75) is 12.8 Å². The van der Waals surface area contributed by atoms with E-state index in [0.717, 1.165) is 0 Å². The van der Waals surface area contributed by atoms with E-state index in [2.05, 4.69) is 11.2 Å². The van der Waals surface area contributed by atoms with E-state index in [1.54, 1.807) is 55.5 Å². The van der Waals surface area contributed by atoms with Crippen molar-refractivity contribution in [1.82, 2.24) is 9.78 Å². The smallest absolute Gasteiger partial charge is 0.338 e. The van der Waals surface area contributed by atoms with Gasteiger partial charge in [0, 0.05) is 5.56 Å². The number of hydrogen-bond acceptors (Lipinski definition) is 8. The fraction of sp³-hybridized carbons (Fsp3) is 0.111. The molecular formula is C27H20N4O6. The summed E-state index contributed by atoms with van der Waals surface area (Å²) in [6, 6.07) is 18.6. The summed E-state index contributed by atoms with van der Waals surface area (Å²) in [5.74, 6) is -1.42. The number of esters is 1. The average molecular weight is 496 g/mol. The number of nitriles is 1. The maximum Gasteiger partial charge on any atom is 0.338 e. The Morgan fingerprint density at radius 2 is 1.95 bits per heavy atom. The highest BCUT2D eigenvalue weighted by Crippen LogP contribution is 2.45. The lowest BCUT2D eigenvalue weighted by molar-refractivity contribution is 0.0600. The van der Waals surface area contributed by atoms with Crippen molar-refractivity contribution in [1.29, 1.82) is 5.26 Å². The summed E-state index contributed by atoms with van der Waals surface area (Å²) < 4.78 is 18.4. The number of carbonyl (C=O) groups excluding carboxylic acids is 1. The Kier molecular flexibility index (Phi) is 5.73. The quantitative estimate of drug-likeness (QED) is 0.388. The molecule has 0 bridgehead atoms. The van der Waals surface area contributed by atoms with Crippen LogP contribution in [0.5, 0.6) is 5.88 Å². The Balaban J connectivity index is 1.65. The molecule has 0 amide bonds. The van der Waals surface area contributed by atoms with Gasteiger partial charge in [0.15, 0.2) is 0 Å². The van der Waals surface area contributed by atoms with Gasteiger partial charge in [0.1, 0.15) is 23.2 Å². The molecule has 10 nitrogen and oxygen atoms in total. The molecule has 0 spiro atoms. The average Bonchev–Trinajstić information content (AvgIpc) is 3.52. The van der Waals surface area contributed by atoms with Crippen LogP contribution in [-0.4, -0.2) is 33.9 Å². The number of carbonyl (C=O) groups is 2. The van der Waals surface area contributed by atoms with Gasteiger partial charge in [-0.3, -0.25) is 0 Å². The molecule has 3 heterocycles. The number of fused-ring (bicyclic) bond motifs is 1. The van der Waals surface area contributed by atoms with Gasteiger partial charge in [0.2, 0.25) is 11.8 Å². The highest BCUT2D eigenvalue weighted by atomic mass is 16.5. The van der Waals surface area contributed by atoms with Gasteiger partial charge in [-0.25, -0.2) is 14.3 Å². The van der Waals surface area contributed by atoms with Gasteiger partial charge in [-0.15, -0.1) is 0 Å². The van der Waals surface area contributed by atoms with Crippen LogP contribution in [0.3, 0.4) is 0 Å². The first-order valence-electron chi connectivity index (χ1n) is 11.1. The first-order chi connectivity index (χ1) is 17.8. The zero-order chi connectivity index (χ0) is 26.3. The Bertz CT molecular complexity index is 1640. The molecule has 0 saturated heterocycles. The number of ether oxygens (including phenoxy) is 2. The number of aromatic nitrogens is 2. The van der Waals surface area contributed by atoms with Gasteiger partial charge in [-0.2, -0.15) is 10.4 Å². The first kappa shape index (κ1) is 23.4. The summed E-state index contributed by atoms with van der Waals surface area (Å²) in [6.07, 6.45) is 0. The maximum atomic E-state index is 12.3. The normalized spacial score (nSPS) is 14.5. The maximum absolute atomic E-state index is 12.3. The number of methoxy groups -OCH3 is 1. The van der Waals surface area contributed by atoms with Crippen LogP contribution in [0.15, 0.2) is 76.5 Å². The van der Waals surface area contributed by atoms with Crippen molar-refractivity contribution in [3.63, 3.8) is 0 Å². The fourth-order valence-corrected chi connectivity index (χ4v) is 4.38.